The summed E-state index contributed by atoms with van der Waals surface area (Å²) in [5.74, 6) is -1.39. The fraction of sp³-hybridized carbons (Fsp3) is 0.111. The molecule has 0 spiro atoms. The van der Waals surface area contributed by atoms with Crippen molar-refractivity contribution in [1.29, 1.82) is 0 Å². The normalized spacial score (nSPS) is 10.0. The average molecular weight is 233 g/mol. The Kier molecular flexibility index (Phi) is 3.78. The number of carboxylic acid groups (broad SMARTS) is 1. The minimum absolute atomic E-state index is 0. The van der Waals surface area contributed by atoms with Crippen molar-refractivity contribution in [2.75, 3.05) is 0 Å². The molecule has 2 aromatic rings. The van der Waals surface area contributed by atoms with Crippen molar-refractivity contribution >= 4 is 28.6 Å². The average Bonchev–Trinajstić information content (AvgIpc) is 2.43. The summed E-state index contributed by atoms with van der Waals surface area (Å²) in [6.45, 7) is 0. The van der Waals surface area contributed by atoms with Crippen LogP contribution in [0.25, 0.3) is 11.0 Å². The minimum atomic E-state index is -1.29. The first-order valence-electron chi connectivity index (χ1n) is 3.93. The third-order valence-electron chi connectivity index (χ3n) is 2.03. The van der Waals surface area contributed by atoms with Crippen LogP contribution in [0.4, 0.5) is 0 Å². The number of carboxylic acids is 1. The van der Waals surface area contributed by atoms with Gasteiger partial charge in [0, 0.05) is 12.1 Å². The number of nitrogens with zero attached hydrogens (tertiary/aromatic N) is 2. The van der Waals surface area contributed by atoms with E-state index in [0.29, 0.717) is 16.1 Å². The van der Waals surface area contributed by atoms with Gasteiger partial charge in [-0.1, -0.05) is 11.6 Å². The third kappa shape index (κ3) is 2.18. The van der Waals surface area contributed by atoms with Crippen LogP contribution in [0.2, 0.25) is 5.02 Å². The summed E-state index contributed by atoms with van der Waals surface area (Å²) in [6, 6.07) is 5.02. The first-order valence-corrected chi connectivity index (χ1v) is 4.30. The largest absolute Gasteiger partial charge is 1.00 e. The standard InChI is InChI=1S/C9H7ClN2O2.Na/c1-12-7-3-2-5(10)4-6(7)11-8(12)9(13)14;/h2-4H,1H3,(H,13,14);/q;+1/p-1. The number of hydrogen-bond acceptors (Lipinski definition) is 3. The van der Waals surface area contributed by atoms with Crippen LogP contribution in [0.3, 0.4) is 0 Å². The Morgan fingerprint density at radius 3 is 2.80 bits per heavy atom. The van der Waals surface area contributed by atoms with E-state index in [1.54, 1.807) is 25.2 Å². The van der Waals surface area contributed by atoms with E-state index in [9.17, 15) is 9.90 Å². The van der Waals surface area contributed by atoms with Gasteiger partial charge in [-0.2, -0.15) is 0 Å². The Morgan fingerprint density at radius 2 is 2.20 bits per heavy atom. The monoisotopic (exact) mass is 232 g/mol. The first kappa shape index (κ1) is 12.5. The SMILES string of the molecule is Cn1c(C(=O)[O-])nc2cc(Cl)ccc21.[Na+]. The Bertz CT molecular complexity index is 524. The number of imidazole rings is 1. The van der Waals surface area contributed by atoms with E-state index in [1.807, 2.05) is 0 Å². The maximum atomic E-state index is 10.6. The van der Waals surface area contributed by atoms with Gasteiger partial charge in [0.15, 0.2) is 5.82 Å². The van der Waals surface area contributed by atoms with Crippen LogP contribution >= 0.6 is 11.6 Å². The van der Waals surface area contributed by atoms with Crippen molar-refractivity contribution in [2.45, 2.75) is 0 Å². The van der Waals surface area contributed by atoms with E-state index in [4.69, 9.17) is 11.6 Å². The number of rotatable bonds is 1. The number of aromatic nitrogens is 2. The Morgan fingerprint density at radius 1 is 1.53 bits per heavy atom. The topological polar surface area (TPSA) is 58.0 Å². The quantitative estimate of drug-likeness (QED) is 0.515. The van der Waals surface area contributed by atoms with Gasteiger partial charge in [0.1, 0.15) is 5.97 Å². The first-order chi connectivity index (χ1) is 6.59. The maximum Gasteiger partial charge on any atom is 1.00 e. The summed E-state index contributed by atoms with van der Waals surface area (Å²) in [6.07, 6.45) is 0. The summed E-state index contributed by atoms with van der Waals surface area (Å²) in [7, 11) is 1.62. The van der Waals surface area contributed by atoms with E-state index in [1.165, 1.54) is 4.57 Å². The van der Waals surface area contributed by atoms with Crippen LogP contribution < -0.4 is 34.7 Å². The van der Waals surface area contributed by atoms with Crippen molar-refractivity contribution in [3.63, 3.8) is 0 Å². The van der Waals surface area contributed by atoms with Crippen LogP contribution in [0.1, 0.15) is 10.6 Å². The smallest absolute Gasteiger partial charge is 0.542 e. The minimum Gasteiger partial charge on any atom is -0.542 e. The van der Waals surface area contributed by atoms with E-state index in [-0.39, 0.29) is 35.4 Å². The van der Waals surface area contributed by atoms with Crippen LogP contribution in [0.15, 0.2) is 18.2 Å². The molecule has 0 fully saturated rings. The van der Waals surface area contributed by atoms with Gasteiger partial charge in [0.2, 0.25) is 0 Å². The molecule has 0 amide bonds. The van der Waals surface area contributed by atoms with Crippen molar-refractivity contribution in [2.24, 2.45) is 7.05 Å². The second-order valence-electron chi connectivity index (χ2n) is 2.91. The number of halogens is 1. The van der Waals surface area contributed by atoms with Gasteiger partial charge in [-0.25, -0.2) is 4.98 Å². The number of fused-ring (bicyclic) bond motifs is 1. The van der Waals surface area contributed by atoms with Gasteiger partial charge in [0.05, 0.1) is 11.0 Å². The van der Waals surface area contributed by atoms with Crippen molar-refractivity contribution in [3.8, 4) is 0 Å². The fourth-order valence-electron chi connectivity index (χ4n) is 1.36. The molecule has 0 N–H and O–H groups in total. The Balaban J connectivity index is 0.00000112. The van der Waals surface area contributed by atoms with Crippen LogP contribution in [-0.4, -0.2) is 15.5 Å². The second kappa shape index (κ2) is 4.53. The summed E-state index contributed by atoms with van der Waals surface area (Å²) in [4.78, 5) is 14.5. The predicted molar refractivity (Wildman–Crippen MR) is 50.1 cm³/mol. The molecule has 0 aliphatic heterocycles. The molecule has 6 heteroatoms. The molecular weight excluding hydrogens is 227 g/mol. The fourth-order valence-corrected chi connectivity index (χ4v) is 1.52. The Hall–Kier alpha value is -0.550. The van der Waals surface area contributed by atoms with Crippen molar-refractivity contribution < 1.29 is 39.5 Å². The number of aryl methyl sites for hydroxylation is 1. The van der Waals surface area contributed by atoms with Gasteiger partial charge in [0.25, 0.3) is 0 Å². The molecular formula is C9H6ClN2NaO2. The predicted octanol–water partition coefficient (Wildman–Crippen LogP) is -2.41. The summed E-state index contributed by atoms with van der Waals surface area (Å²) in [5, 5.41) is 11.2. The molecule has 0 radical (unpaired) electrons. The zero-order valence-electron chi connectivity index (χ0n) is 8.32. The molecule has 0 bridgehead atoms. The molecule has 0 atom stereocenters. The summed E-state index contributed by atoms with van der Waals surface area (Å²) >= 11 is 5.75. The van der Waals surface area contributed by atoms with Crippen molar-refractivity contribution in [1.82, 2.24) is 9.55 Å². The van der Waals surface area contributed by atoms with E-state index >= 15 is 0 Å². The van der Waals surface area contributed by atoms with Crippen LogP contribution in [0, 0.1) is 0 Å². The van der Waals surface area contributed by atoms with Gasteiger partial charge >= 0.3 is 29.6 Å². The molecule has 0 aliphatic carbocycles. The van der Waals surface area contributed by atoms with Crippen LogP contribution in [0.5, 0.6) is 0 Å². The zero-order chi connectivity index (χ0) is 10.3. The molecule has 0 aliphatic rings. The van der Waals surface area contributed by atoms with Gasteiger partial charge < -0.3 is 14.5 Å². The number of carbonyl (C=O) groups is 1. The number of benzene rings is 1. The maximum absolute atomic E-state index is 10.6. The summed E-state index contributed by atoms with van der Waals surface area (Å²) < 4.78 is 1.46. The molecule has 0 unspecified atom stereocenters. The van der Waals surface area contributed by atoms with Gasteiger partial charge in [-0.3, -0.25) is 0 Å². The zero-order valence-corrected chi connectivity index (χ0v) is 11.1. The summed E-state index contributed by atoms with van der Waals surface area (Å²) in [5.41, 5.74) is 1.27. The number of aromatic carboxylic acids is 1. The molecule has 1 heterocycles. The molecule has 4 nitrogen and oxygen atoms in total. The number of carbonyl (C=O) groups excluding carboxylic acids is 1. The van der Waals surface area contributed by atoms with Gasteiger partial charge in [-0.05, 0) is 18.2 Å². The number of hydrogen-bond donors (Lipinski definition) is 0. The van der Waals surface area contributed by atoms with E-state index < -0.39 is 5.97 Å². The van der Waals surface area contributed by atoms with Crippen molar-refractivity contribution in [3.05, 3.63) is 29.0 Å². The van der Waals surface area contributed by atoms with E-state index in [0.717, 1.165) is 0 Å². The molecule has 1 aromatic heterocycles. The Labute approximate surface area is 113 Å². The van der Waals surface area contributed by atoms with Gasteiger partial charge in [-0.15, -0.1) is 0 Å². The molecule has 72 valence electrons. The third-order valence-corrected chi connectivity index (χ3v) is 2.26. The molecule has 0 saturated heterocycles. The molecule has 2 rings (SSSR count). The molecule has 1 aromatic carbocycles. The molecule has 15 heavy (non-hydrogen) atoms. The van der Waals surface area contributed by atoms with E-state index in [2.05, 4.69) is 4.98 Å². The van der Waals surface area contributed by atoms with Crippen LogP contribution in [-0.2, 0) is 7.05 Å². The molecule has 0 saturated carbocycles. The second-order valence-corrected chi connectivity index (χ2v) is 3.35.